The summed E-state index contributed by atoms with van der Waals surface area (Å²) in [4.78, 5) is 0.951. The van der Waals surface area contributed by atoms with Gasteiger partial charge in [0.1, 0.15) is 6.10 Å². The van der Waals surface area contributed by atoms with Crippen LogP contribution in [0, 0.1) is 0 Å². The smallest absolute Gasteiger partial charge is 0.101 e. The first-order valence-corrected chi connectivity index (χ1v) is 4.21. The average molecular weight is 171 g/mol. The number of ether oxygens (including phenoxy) is 1. The zero-order valence-corrected chi connectivity index (χ0v) is 7.32. The van der Waals surface area contributed by atoms with Gasteiger partial charge >= 0.3 is 0 Å². The maximum Gasteiger partial charge on any atom is 0.101 e. The van der Waals surface area contributed by atoms with Gasteiger partial charge < -0.3 is 10.1 Å². The van der Waals surface area contributed by atoms with Crippen LogP contribution in [0.3, 0.4) is 0 Å². The summed E-state index contributed by atoms with van der Waals surface area (Å²) in [7, 11) is 0. The van der Waals surface area contributed by atoms with Gasteiger partial charge in [-0.1, -0.05) is 18.3 Å². The highest BCUT2D eigenvalue weighted by Crippen LogP contribution is 2.02. The lowest BCUT2D eigenvalue weighted by atomic mass is 10.2. The van der Waals surface area contributed by atoms with Gasteiger partial charge in [-0.05, 0) is 6.42 Å². The minimum atomic E-state index is 0.122. The van der Waals surface area contributed by atoms with E-state index in [1.54, 1.807) is 0 Å². The van der Waals surface area contributed by atoms with E-state index in [9.17, 15) is 0 Å². The van der Waals surface area contributed by atoms with Crippen LogP contribution in [0.25, 0.3) is 0 Å². The van der Waals surface area contributed by atoms with Crippen molar-refractivity contribution in [3.8, 4) is 0 Å². The van der Waals surface area contributed by atoms with E-state index in [1.807, 2.05) is 6.08 Å². The molecule has 1 heterocycles. The summed E-state index contributed by atoms with van der Waals surface area (Å²) in [6.45, 7) is 6.19. The van der Waals surface area contributed by atoms with E-state index >= 15 is 0 Å². The number of morpholine rings is 1. The summed E-state index contributed by atoms with van der Waals surface area (Å²) in [5.74, 6) is 0. The molecule has 0 spiro atoms. The van der Waals surface area contributed by atoms with Crippen molar-refractivity contribution in [1.82, 2.24) is 5.32 Å². The van der Waals surface area contributed by atoms with Crippen LogP contribution in [0.15, 0.2) is 12.7 Å². The highest BCUT2D eigenvalue weighted by molar-refractivity contribution is 7.80. The second-order valence-electron chi connectivity index (χ2n) is 2.52. The second kappa shape index (κ2) is 4.59. The highest BCUT2D eigenvalue weighted by Gasteiger charge is 2.16. The molecule has 1 fully saturated rings. The quantitative estimate of drug-likeness (QED) is 0.504. The second-order valence-corrected chi connectivity index (χ2v) is 3.05. The van der Waals surface area contributed by atoms with Gasteiger partial charge in [0.05, 0.1) is 6.61 Å². The van der Waals surface area contributed by atoms with Crippen LogP contribution in [-0.4, -0.2) is 30.7 Å². The molecule has 1 aliphatic rings. The zero-order valence-electron chi connectivity index (χ0n) is 6.51. The molecule has 1 atom stereocenters. The van der Waals surface area contributed by atoms with Gasteiger partial charge in [0.2, 0.25) is 0 Å². The first kappa shape index (κ1) is 8.84. The Labute approximate surface area is 72.6 Å². The molecule has 0 bridgehead atoms. The van der Waals surface area contributed by atoms with Crippen LogP contribution < -0.4 is 5.32 Å². The molecule has 0 aromatic carbocycles. The van der Waals surface area contributed by atoms with E-state index in [1.165, 1.54) is 0 Å². The zero-order chi connectivity index (χ0) is 8.10. The Morgan fingerprint density at radius 1 is 1.82 bits per heavy atom. The number of hydrogen-bond acceptors (Lipinski definition) is 3. The Hall–Kier alpha value is -0.250. The van der Waals surface area contributed by atoms with Gasteiger partial charge in [-0.25, -0.2) is 0 Å². The van der Waals surface area contributed by atoms with Gasteiger partial charge in [-0.3, -0.25) is 0 Å². The van der Waals surface area contributed by atoms with Gasteiger partial charge in [0.25, 0.3) is 0 Å². The van der Waals surface area contributed by atoms with Crippen LogP contribution in [0.5, 0.6) is 0 Å². The molecule has 1 rings (SSSR count). The summed E-state index contributed by atoms with van der Waals surface area (Å²) in [5, 5.41) is 3.23. The van der Waals surface area contributed by atoms with E-state index in [0.717, 1.165) is 31.0 Å². The maximum absolute atomic E-state index is 5.44. The van der Waals surface area contributed by atoms with Crippen LogP contribution in [0.1, 0.15) is 6.42 Å². The predicted molar refractivity (Wildman–Crippen MR) is 50.0 cm³/mol. The van der Waals surface area contributed by atoms with Crippen molar-refractivity contribution in [1.29, 1.82) is 0 Å². The molecular formula is C8H13NOS. The van der Waals surface area contributed by atoms with Gasteiger partial charge in [-0.15, -0.1) is 6.58 Å². The van der Waals surface area contributed by atoms with E-state index < -0.39 is 0 Å². The number of allylic oxidation sites excluding steroid dienone is 1. The third-order valence-corrected chi connectivity index (χ3v) is 2.06. The van der Waals surface area contributed by atoms with Crippen LogP contribution >= 0.6 is 12.2 Å². The van der Waals surface area contributed by atoms with Crippen molar-refractivity contribution in [3.63, 3.8) is 0 Å². The van der Waals surface area contributed by atoms with Crippen LogP contribution in [0.2, 0.25) is 0 Å². The van der Waals surface area contributed by atoms with Crippen molar-refractivity contribution in [2.24, 2.45) is 0 Å². The number of nitrogens with one attached hydrogen (secondary N) is 1. The topological polar surface area (TPSA) is 21.3 Å². The molecule has 0 saturated carbocycles. The molecule has 0 aliphatic carbocycles. The first-order chi connectivity index (χ1) is 5.34. The van der Waals surface area contributed by atoms with Crippen LogP contribution in [0.4, 0.5) is 0 Å². The van der Waals surface area contributed by atoms with E-state index in [4.69, 9.17) is 17.0 Å². The number of thiocarbonyl (C=S) groups is 1. The Morgan fingerprint density at radius 3 is 3.18 bits per heavy atom. The maximum atomic E-state index is 5.44. The predicted octanol–water partition coefficient (Wildman–Crippen LogP) is 0.921. The fourth-order valence-corrected chi connectivity index (χ4v) is 1.32. The fraction of sp³-hybridized carbons (Fsp3) is 0.625. The lowest BCUT2D eigenvalue weighted by Gasteiger charge is -2.23. The average Bonchev–Trinajstić information content (AvgIpc) is 2.07. The SMILES string of the molecule is C=CCC(=S)C1CNCCO1. The molecule has 1 aliphatic heterocycles. The number of rotatable bonds is 3. The normalized spacial score (nSPS) is 24.5. The molecule has 62 valence electrons. The summed E-state index contributed by atoms with van der Waals surface area (Å²) >= 11 is 5.14. The molecule has 2 nitrogen and oxygen atoms in total. The van der Waals surface area contributed by atoms with Gasteiger partial charge in [0.15, 0.2) is 0 Å². The van der Waals surface area contributed by atoms with Crippen molar-refractivity contribution >= 4 is 17.1 Å². The molecule has 11 heavy (non-hydrogen) atoms. The van der Waals surface area contributed by atoms with E-state index in [2.05, 4.69) is 11.9 Å². The lowest BCUT2D eigenvalue weighted by Crippen LogP contribution is -2.42. The molecule has 1 N–H and O–H groups in total. The molecule has 3 heteroatoms. The third kappa shape index (κ3) is 2.69. The highest BCUT2D eigenvalue weighted by atomic mass is 32.1. The third-order valence-electron chi connectivity index (χ3n) is 1.63. The standard InChI is InChI=1S/C8H13NOS/c1-2-3-8(11)7-6-9-4-5-10-7/h2,7,9H,1,3-6H2. The number of hydrogen-bond donors (Lipinski definition) is 1. The van der Waals surface area contributed by atoms with Crippen molar-refractivity contribution in [2.75, 3.05) is 19.7 Å². The molecule has 0 aromatic heterocycles. The minimum Gasteiger partial charge on any atom is -0.370 e. The van der Waals surface area contributed by atoms with E-state index in [-0.39, 0.29) is 6.10 Å². The largest absolute Gasteiger partial charge is 0.370 e. The fourth-order valence-electron chi connectivity index (χ4n) is 1.05. The Morgan fingerprint density at radius 2 is 2.64 bits per heavy atom. The Balaban J connectivity index is 2.32. The van der Waals surface area contributed by atoms with Crippen LogP contribution in [-0.2, 0) is 4.74 Å². The van der Waals surface area contributed by atoms with Crippen molar-refractivity contribution in [2.45, 2.75) is 12.5 Å². The van der Waals surface area contributed by atoms with Gasteiger partial charge in [-0.2, -0.15) is 0 Å². The monoisotopic (exact) mass is 171 g/mol. The van der Waals surface area contributed by atoms with Crippen molar-refractivity contribution in [3.05, 3.63) is 12.7 Å². The molecule has 1 saturated heterocycles. The summed E-state index contributed by atoms with van der Waals surface area (Å²) in [5.41, 5.74) is 0. The molecule has 1 unspecified atom stereocenters. The lowest BCUT2D eigenvalue weighted by molar-refractivity contribution is 0.0718. The Kier molecular flexibility index (Phi) is 3.69. The van der Waals surface area contributed by atoms with Gasteiger partial charge in [0, 0.05) is 18.0 Å². The van der Waals surface area contributed by atoms with Crippen molar-refractivity contribution < 1.29 is 4.74 Å². The first-order valence-electron chi connectivity index (χ1n) is 3.80. The minimum absolute atomic E-state index is 0.122. The van der Waals surface area contributed by atoms with E-state index in [0.29, 0.717) is 0 Å². The Bertz CT molecular complexity index is 152. The summed E-state index contributed by atoms with van der Waals surface area (Å²) < 4.78 is 5.44. The molecule has 0 amide bonds. The summed E-state index contributed by atoms with van der Waals surface area (Å²) in [6.07, 6.45) is 2.72. The molecular weight excluding hydrogens is 158 g/mol. The summed E-state index contributed by atoms with van der Waals surface area (Å²) in [6, 6.07) is 0. The molecule has 0 aromatic rings. The molecule has 0 radical (unpaired) electrons.